The SMILES string of the molecule is CC(C(=O)N1CCS(=O)C(C)C1C)c1ccccc1C(F)(F)F. The lowest BCUT2D eigenvalue weighted by molar-refractivity contribution is -0.139. The van der Waals surface area contributed by atoms with Crippen molar-refractivity contribution >= 4 is 16.7 Å². The standard InChI is InChI=1S/C16H20F3NO2S/c1-10(13-6-4-5-7-14(13)16(17,18)19)15(21)20-8-9-23(22)12(3)11(20)2/h4-7,10-12H,8-9H2,1-3H3. The molecule has 0 bridgehead atoms. The van der Waals surface area contributed by atoms with Crippen molar-refractivity contribution in [3.8, 4) is 0 Å². The molecule has 23 heavy (non-hydrogen) atoms. The number of hydrogen-bond donors (Lipinski definition) is 0. The molecule has 0 saturated carbocycles. The van der Waals surface area contributed by atoms with Gasteiger partial charge in [0.05, 0.1) is 16.7 Å². The van der Waals surface area contributed by atoms with E-state index in [0.717, 1.165) is 6.07 Å². The Labute approximate surface area is 136 Å². The molecule has 0 radical (unpaired) electrons. The van der Waals surface area contributed by atoms with Gasteiger partial charge in [-0.1, -0.05) is 18.2 Å². The number of rotatable bonds is 2. The molecule has 0 N–H and O–H groups in total. The molecule has 3 nitrogen and oxygen atoms in total. The van der Waals surface area contributed by atoms with Crippen LogP contribution in [0.4, 0.5) is 13.2 Å². The molecular weight excluding hydrogens is 327 g/mol. The van der Waals surface area contributed by atoms with Crippen molar-refractivity contribution in [2.45, 2.75) is 44.2 Å². The van der Waals surface area contributed by atoms with Crippen LogP contribution in [0, 0.1) is 0 Å². The molecule has 7 heteroatoms. The van der Waals surface area contributed by atoms with Gasteiger partial charge in [0.1, 0.15) is 0 Å². The summed E-state index contributed by atoms with van der Waals surface area (Å²) in [5, 5.41) is -0.183. The van der Waals surface area contributed by atoms with E-state index >= 15 is 0 Å². The summed E-state index contributed by atoms with van der Waals surface area (Å²) in [4.78, 5) is 14.3. The summed E-state index contributed by atoms with van der Waals surface area (Å²) >= 11 is 0. The predicted molar refractivity (Wildman–Crippen MR) is 83.5 cm³/mol. The molecule has 4 atom stereocenters. The lowest BCUT2D eigenvalue weighted by Crippen LogP contribution is -2.53. The van der Waals surface area contributed by atoms with Gasteiger partial charge in [0.25, 0.3) is 0 Å². The number of nitrogens with zero attached hydrogens (tertiary/aromatic N) is 1. The Morgan fingerprint density at radius 1 is 1.30 bits per heavy atom. The highest BCUT2D eigenvalue weighted by Crippen LogP contribution is 2.36. The summed E-state index contributed by atoms with van der Waals surface area (Å²) in [5.41, 5.74) is -0.793. The van der Waals surface area contributed by atoms with Gasteiger partial charge in [-0.25, -0.2) is 0 Å². The van der Waals surface area contributed by atoms with Gasteiger partial charge in [0.15, 0.2) is 0 Å². The van der Waals surface area contributed by atoms with E-state index in [9.17, 15) is 22.2 Å². The van der Waals surface area contributed by atoms with Crippen LogP contribution in [-0.4, -0.2) is 38.6 Å². The van der Waals surface area contributed by atoms with Crippen LogP contribution in [0.25, 0.3) is 0 Å². The molecule has 1 saturated heterocycles. The molecule has 1 heterocycles. The first-order chi connectivity index (χ1) is 10.6. The molecule has 0 spiro atoms. The van der Waals surface area contributed by atoms with Crippen LogP contribution in [0.2, 0.25) is 0 Å². The molecule has 128 valence electrons. The summed E-state index contributed by atoms with van der Waals surface area (Å²) in [6, 6.07) is 4.92. The van der Waals surface area contributed by atoms with E-state index in [1.807, 2.05) is 0 Å². The van der Waals surface area contributed by atoms with E-state index in [4.69, 9.17) is 0 Å². The molecule has 1 fully saturated rings. The first-order valence-corrected chi connectivity index (χ1v) is 8.86. The van der Waals surface area contributed by atoms with Crippen LogP contribution < -0.4 is 0 Å². The Morgan fingerprint density at radius 2 is 1.91 bits per heavy atom. The Bertz CT molecular complexity index is 618. The monoisotopic (exact) mass is 347 g/mol. The first-order valence-electron chi connectivity index (χ1n) is 7.48. The second kappa shape index (κ2) is 6.63. The van der Waals surface area contributed by atoms with Crippen molar-refractivity contribution in [3.63, 3.8) is 0 Å². The maximum Gasteiger partial charge on any atom is 0.416 e. The van der Waals surface area contributed by atoms with Crippen molar-refractivity contribution in [2.24, 2.45) is 0 Å². The second-order valence-corrected chi connectivity index (χ2v) is 7.78. The summed E-state index contributed by atoms with van der Waals surface area (Å²) < 4.78 is 51.2. The van der Waals surface area contributed by atoms with E-state index in [2.05, 4.69) is 0 Å². The number of benzene rings is 1. The minimum atomic E-state index is -4.49. The van der Waals surface area contributed by atoms with E-state index < -0.39 is 28.5 Å². The fourth-order valence-corrected chi connectivity index (χ4v) is 4.21. The number of hydrogen-bond acceptors (Lipinski definition) is 2. The van der Waals surface area contributed by atoms with Crippen LogP contribution in [-0.2, 0) is 21.8 Å². The lowest BCUT2D eigenvalue weighted by Gasteiger charge is -2.39. The van der Waals surface area contributed by atoms with Crippen LogP contribution in [0.15, 0.2) is 24.3 Å². The summed E-state index contributed by atoms with van der Waals surface area (Å²) in [5.74, 6) is -0.878. The largest absolute Gasteiger partial charge is 0.416 e. The quantitative estimate of drug-likeness (QED) is 0.824. The van der Waals surface area contributed by atoms with Gasteiger partial charge < -0.3 is 4.90 Å². The Balaban J connectivity index is 2.29. The molecule has 1 amide bonds. The van der Waals surface area contributed by atoms with Gasteiger partial charge in [0, 0.05) is 29.1 Å². The third kappa shape index (κ3) is 3.59. The summed E-state index contributed by atoms with van der Waals surface area (Å²) in [6.07, 6.45) is -4.49. The molecule has 4 unspecified atom stereocenters. The smallest absolute Gasteiger partial charge is 0.337 e. The molecule has 1 aliphatic rings. The summed E-state index contributed by atoms with van der Waals surface area (Å²) in [7, 11) is -1.00. The minimum absolute atomic E-state index is 0.0171. The number of amides is 1. The minimum Gasteiger partial charge on any atom is -0.337 e. The van der Waals surface area contributed by atoms with E-state index in [0.29, 0.717) is 12.3 Å². The van der Waals surface area contributed by atoms with E-state index in [1.54, 1.807) is 18.7 Å². The van der Waals surface area contributed by atoms with Gasteiger partial charge in [-0.15, -0.1) is 0 Å². The molecule has 1 aromatic rings. The van der Waals surface area contributed by atoms with Crippen molar-refractivity contribution in [2.75, 3.05) is 12.3 Å². The van der Waals surface area contributed by atoms with Crippen molar-refractivity contribution < 1.29 is 22.2 Å². The number of carbonyl (C=O) groups is 1. The van der Waals surface area contributed by atoms with Gasteiger partial charge in [0.2, 0.25) is 5.91 Å². The second-order valence-electron chi connectivity index (χ2n) is 5.87. The molecule has 2 rings (SSSR count). The Hall–Kier alpha value is -1.37. The Morgan fingerprint density at radius 3 is 2.52 bits per heavy atom. The number of alkyl halides is 3. The van der Waals surface area contributed by atoms with E-state index in [-0.39, 0.29) is 22.8 Å². The molecular formula is C16H20F3NO2S. The number of halogens is 3. The van der Waals surface area contributed by atoms with Gasteiger partial charge in [-0.05, 0) is 32.4 Å². The average molecular weight is 347 g/mol. The van der Waals surface area contributed by atoms with Gasteiger partial charge in [-0.3, -0.25) is 9.00 Å². The Kier molecular flexibility index (Phi) is 5.18. The maximum absolute atomic E-state index is 13.1. The first kappa shape index (κ1) is 18.0. The zero-order chi connectivity index (χ0) is 17.4. The maximum atomic E-state index is 13.1. The van der Waals surface area contributed by atoms with Crippen LogP contribution in [0.3, 0.4) is 0 Å². The summed E-state index contributed by atoms with van der Waals surface area (Å²) in [6.45, 7) is 5.40. The van der Waals surface area contributed by atoms with Crippen LogP contribution >= 0.6 is 0 Å². The lowest BCUT2D eigenvalue weighted by atomic mass is 9.93. The van der Waals surface area contributed by atoms with E-state index in [1.165, 1.54) is 25.1 Å². The van der Waals surface area contributed by atoms with Crippen molar-refractivity contribution in [1.29, 1.82) is 0 Å². The van der Waals surface area contributed by atoms with Crippen molar-refractivity contribution in [3.05, 3.63) is 35.4 Å². The highest BCUT2D eigenvalue weighted by atomic mass is 32.2. The highest BCUT2D eigenvalue weighted by molar-refractivity contribution is 7.85. The molecule has 1 aliphatic heterocycles. The molecule has 1 aromatic carbocycles. The van der Waals surface area contributed by atoms with Crippen LogP contribution in [0.5, 0.6) is 0 Å². The normalized spacial score (nSPS) is 26.9. The van der Waals surface area contributed by atoms with Gasteiger partial charge >= 0.3 is 6.18 Å². The van der Waals surface area contributed by atoms with Gasteiger partial charge in [-0.2, -0.15) is 13.2 Å². The molecule has 0 aliphatic carbocycles. The topological polar surface area (TPSA) is 37.4 Å². The van der Waals surface area contributed by atoms with Crippen molar-refractivity contribution in [1.82, 2.24) is 4.90 Å². The zero-order valence-electron chi connectivity index (χ0n) is 13.3. The molecule has 0 aromatic heterocycles. The third-order valence-electron chi connectivity index (χ3n) is 4.51. The zero-order valence-corrected chi connectivity index (χ0v) is 14.1. The third-order valence-corrected chi connectivity index (χ3v) is 6.31. The fraction of sp³-hybridized carbons (Fsp3) is 0.562. The fourth-order valence-electron chi connectivity index (χ4n) is 2.88. The number of carbonyl (C=O) groups excluding carboxylic acids is 1. The highest BCUT2D eigenvalue weighted by Gasteiger charge is 2.39. The average Bonchev–Trinajstić information content (AvgIpc) is 2.50. The predicted octanol–water partition coefficient (Wildman–Crippen LogP) is 3.18. The van der Waals surface area contributed by atoms with Crippen LogP contribution in [0.1, 0.15) is 37.8 Å².